The summed E-state index contributed by atoms with van der Waals surface area (Å²) in [6.45, 7) is 6.25. The molecule has 0 atom stereocenters. The van der Waals surface area contributed by atoms with Crippen molar-refractivity contribution in [1.29, 1.82) is 0 Å². The van der Waals surface area contributed by atoms with Crippen LogP contribution in [0.2, 0.25) is 0 Å². The monoisotopic (exact) mass is 402 g/mol. The summed E-state index contributed by atoms with van der Waals surface area (Å²) in [4.78, 5) is 8.99. The normalized spacial score (nSPS) is 9.83. The highest BCUT2D eigenvalue weighted by molar-refractivity contribution is 9.10. The molecule has 0 aliphatic carbocycles. The van der Waals surface area contributed by atoms with Crippen LogP contribution in [0.4, 0.5) is 21.3 Å². The highest BCUT2D eigenvalue weighted by atomic mass is 79.9. The number of hydrogen-bond donors (Lipinski definition) is 3. The van der Waals surface area contributed by atoms with Crippen LogP contribution in [0, 0.1) is 6.92 Å². The lowest BCUT2D eigenvalue weighted by Crippen LogP contribution is -2.09. The van der Waals surface area contributed by atoms with E-state index in [0.29, 0.717) is 33.4 Å². The molecule has 0 bridgehead atoms. The van der Waals surface area contributed by atoms with Crippen LogP contribution in [-0.2, 0) is 0 Å². The minimum Gasteiger partial charge on any atom is -0.395 e. The summed E-state index contributed by atoms with van der Waals surface area (Å²) in [7, 11) is 0. The maximum atomic E-state index is 12.8. The molecule has 0 fully saturated rings. The topological polar surface area (TPSA) is 70.1 Å². The third kappa shape index (κ3) is 5.96. The van der Waals surface area contributed by atoms with Crippen LogP contribution in [-0.4, -0.2) is 28.2 Å². The van der Waals surface area contributed by atoms with Gasteiger partial charge in [0.1, 0.15) is 5.82 Å². The second-order valence-electron chi connectivity index (χ2n) is 4.22. The van der Waals surface area contributed by atoms with Crippen molar-refractivity contribution in [3.8, 4) is 0 Å². The predicted octanol–water partition coefficient (Wildman–Crippen LogP) is 4.70. The van der Waals surface area contributed by atoms with Gasteiger partial charge in [-0.15, -0.1) is 0 Å². The summed E-state index contributed by atoms with van der Waals surface area (Å²) in [5, 5.41) is 14.8. The fraction of sp³-hybridized carbons (Fsp3) is 0.333. The van der Waals surface area contributed by atoms with Crippen molar-refractivity contribution in [1.82, 2.24) is 9.97 Å². The van der Waals surface area contributed by atoms with E-state index in [2.05, 4.69) is 36.5 Å². The van der Waals surface area contributed by atoms with E-state index in [1.807, 2.05) is 32.9 Å². The van der Waals surface area contributed by atoms with Crippen molar-refractivity contribution in [2.24, 2.45) is 0 Å². The molecule has 1 heterocycles. The molecule has 0 aliphatic rings. The lowest BCUT2D eigenvalue weighted by atomic mass is 10.2. The quantitative estimate of drug-likeness (QED) is 0.650. The summed E-state index contributed by atoms with van der Waals surface area (Å²) in [5.74, 6) is 0.964. The van der Waals surface area contributed by atoms with E-state index in [1.54, 1.807) is 12.3 Å². The van der Waals surface area contributed by atoms with Gasteiger partial charge in [-0.1, -0.05) is 19.9 Å². The van der Waals surface area contributed by atoms with E-state index in [0.717, 1.165) is 5.56 Å². The van der Waals surface area contributed by atoms with Gasteiger partial charge in [0.25, 0.3) is 0 Å². The van der Waals surface area contributed by atoms with Crippen LogP contribution >= 0.6 is 28.1 Å². The minimum absolute atomic E-state index is 0.00818. The molecule has 0 amide bonds. The maximum Gasteiger partial charge on any atom is 0.229 e. The van der Waals surface area contributed by atoms with Crippen LogP contribution in [0.1, 0.15) is 19.4 Å². The second-order valence-corrected chi connectivity index (χ2v) is 5.67. The standard InChI is InChI=1S/C13H14BrFN4OS.C2H6/c1-8-2-3-9(6-11(8)21-15)18-13-17-7-10(14)12(19-13)16-4-5-20;1-2/h2-3,6-7,20H,4-5H2,1H3,(H2,16,17,18,19);1-2H3. The zero-order valence-electron chi connectivity index (χ0n) is 13.2. The van der Waals surface area contributed by atoms with Gasteiger partial charge in [0.15, 0.2) is 0 Å². The highest BCUT2D eigenvalue weighted by Crippen LogP contribution is 2.28. The molecule has 126 valence electrons. The Hall–Kier alpha value is -1.38. The van der Waals surface area contributed by atoms with E-state index in [9.17, 15) is 3.89 Å². The molecule has 0 saturated heterocycles. The summed E-state index contributed by atoms with van der Waals surface area (Å²) >= 11 is 3.54. The number of aryl methyl sites for hydroxylation is 1. The Morgan fingerprint density at radius 3 is 2.74 bits per heavy atom. The average Bonchev–Trinajstić information content (AvgIpc) is 2.58. The van der Waals surface area contributed by atoms with Crippen molar-refractivity contribution >= 4 is 45.5 Å². The number of nitrogens with zero attached hydrogens (tertiary/aromatic N) is 2. The van der Waals surface area contributed by atoms with Gasteiger partial charge in [-0.2, -0.15) is 8.87 Å². The number of halogens is 2. The summed E-state index contributed by atoms with van der Waals surface area (Å²) in [6, 6.07) is 5.36. The SMILES string of the molecule is CC.Cc1ccc(Nc2ncc(Br)c(NCCO)n2)cc1SF. The van der Waals surface area contributed by atoms with Gasteiger partial charge in [-0.05, 0) is 40.5 Å². The van der Waals surface area contributed by atoms with Crippen LogP contribution in [0.15, 0.2) is 33.8 Å². The first kappa shape index (κ1) is 19.7. The second kappa shape index (κ2) is 10.4. The number of rotatable bonds is 6. The van der Waals surface area contributed by atoms with E-state index >= 15 is 0 Å². The van der Waals surface area contributed by atoms with Gasteiger partial charge >= 0.3 is 0 Å². The van der Waals surface area contributed by atoms with E-state index < -0.39 is 0 Å². The number of nitrogens with one attached hydrogen (secondary N) is 2. The lowest BCUT2D eigenvalue weighted by molar-refractivity contribution is 0.311. The van der Waals surface area contributed by atoms with Crippen LogP contribution in [0.3, 0.4) is 0 Å². The molecule has 1 aromatic heterocycles. The van der Waals surface area contributed by atoms with Gasteiger partial charge in [-0.3, -0.25) is 0 Å². The zero-order valence-corrected chi connectivity index (χ0v) is 15.6. The third-order valence-electron chi connectivity index (χ3n) is 2.68. The Morgan fingerprint density at radius 1 is 1.35 bits per heavy atom. The molecule has 3 N–H and O–H groups in total. The Bertz CT molecular complexity index is 630. The zero-order chi connectivity index (χ0) is 17.2. The van der Waals surface area contributed by atoms with Crippen LogP contribution in [0.5, 0.6) is 0 Å². The molecule has 0 aliphatic heterocycles. The smallest absolute Gasteiger partial charge is 0.229 e. The number of hydrogen-bond acceptors (Lipinski definition) is 6. The van der Waals surface area contributed by atoms with Crippen molar-refractivity contribution in [3.63, 3.8) is 0 Å². The van der Waals surface area contributed by atoms with Gasteiger partial charge in [0.2, 0.25) is 5.95 Å². The van der Waals surface area contributed by atoms with Crippen molar-refractivity contribution < 1.29 is 8.99 Å². The Labute approximate surface area is 148 Å². The summed E-state index contributed by atoms with van der Waals surface area (Å²) in [5.41, 5.74) is 1.58. The number of aliphatic hydroxyl groups excluding tert-OH is 1. The minimum atomic E-state index is 0.00818. The average molecular weight is 403 g/mol. The molecule has 2 rings (SSSR count). The highest BCUT2D eigenvalue weighted by Gasteiger charge is 2.06. The Balaban J connectivity index is 0.00000127. The molecule has 2 aromatic rings. The number of aromatic nitrogens is 2. The van der Waals surface area contributed by atoms with Gasteiger partial charge in [0.05, 0.1) is 23.2 Å². The number of aliphatic hydroxyl groups is 1. The first-order valence-corrected chi connectivity index (χ1v) is 8.68. The molecule has 0 unspecified atom stereocenters. The number of benzene rings is 1. The molecule has 0 spiro atoms. The molecule has 0 radical (unpaired) electrons. The van der Waals surface area contributed by atoms with Gasteiger partial charge < -0.3 is 15.7 Å². The molecular formula is C15H20BrFN4OS. The van der Waals surface area contributed by atoms with Crippen molar-refractivity contribution in [3.05, 3.63) is 34.4 Å². The number of anilines is 3. The van der Waals surface area contributed by atoms with Gasteiger partial charge in [-0.25, -0.2) is 4.98 Å². The summed E-state index contributed by atoms with van der Waals surface area (Å²) < 4.78 is 13.5. The Kier molecular flexibility index (Phi) is 8.90. The van der Waals surface area contributed by atoms with E-state index in [1.165, 1.54) is 0 Å². The first-order chi connectivity index (χ1) is 11.1. The first-order valence-electron chi connectivity index (χ1n) is 7.17. The van der Waals surface area contributed by atoms with E-state index in [-0.39, 0.29) is 18.8 Å². The molecule has 1 aromatic carbocycles. The molecular weight excluding hydrogens is 383 g/mol. The maximum absolute atomic E-state index is 12.8. The largest absolute Gasteiger partial charge is 0.395 e. The fourth-order valence-corrected chi connectivity index (χ4v) is 2.31. The third-order valence-corrected chi connectivity index (χ3v) is 3.86. The van der Waals surface area contributed by atoms with Gasteiger partial charge in [0, 0.05) is 23.3 Å². The van der Waals surface area contributed by atoms with Crippen LogP contribution in [0.25, 0.3) is 0 Å². The van der Waals surface area contributed by atoms with Crippen molar-refractivity contribution in [2.75, 3.05) is 23.8 Å². The molecule has 0 saturated carbocycles. The fourth-order valence-electron chi connectivity index (χ4n) is 1.62. The lowest BCUT2D eigenvalue weighted by Gasteiger charge is -2.10. The van der Waals surface area contributed by atoms with Crippen molar-refractivity contribution in [2.45, 2.75) is 25.7 Å². The van der Waals surface area contributed by atoms with Crippen LogP contribution < -0.4 is 10.6 Å². The van der Waals surface area contributed by atoms with E-state index in [4.69, 9.17) is 5.11 Å². The Morgan fingerprint density at radius 2 is 2.09 bits per heavy atom. The predicted molar refractivity (Wildman–Crippen MR) is 98.1 cm³/mol. The molecule has 8 heteroatoms. The molecule has 5 nitrogen and oxygen atoms in total. The molecule has 23 heavy (non-hydrogen) atoms. The summed E-state index contributed by atoms with van der Waals surface area (Å²) in [6.07, 6.45) is 1.61.